The third kappa shape index (κ3) is 7.54. The Labute approximate surface area is 246 Å². The molecule has 4 rings (SSSR count). The molecule has 1 N–H and O–H groups in total. The van der Waals surface area contributed by atoms with Gasteiger partial charge in [-0.1, -0.05) is 90.0 Å². The van der Waals surface area contributed by atoms with Crippen molar-refractivity contribution in [2.24, 2.45) is 0 Å². The zero-order chi connectivity index (χ0) is 29.4. The molecular weight excluding hydrogens is 558 g/mol. The Hall–Kier alpha value is -4.14. The molecule has 0 radical (unpaired) electrons. The Bertz CT molecular complexity index is 1560. The number of rotatable bonds is 11. The summed E-state index contributed by atoms with van der Waals surface area (Å²) in [5, 5.41) is 3.08. The van der Waals surface area contributed by atoms with Gasteiger partial charge in [0.1, 0.15) is 12.6 Å². The number of carbonyl (C=O) groups excluding carboxylic acids is 2. The fraction of sp³-hybridized carbons (Fsp3) is 0.188. The second kappa shape index (κ2) is 13.5. The minimum Gasteiger partial charge on any atom is -0.357 e. The number of nitrogens with zero attached hydrogens (tertiary/aromatic N) is 2. The molecule has 0 aromatic heterocycles. The van der Waals surface area contributed by atoms with Crippen LogP contribution in [0.1, 0.15) is 16.7 Å². The summed E-state index contributed by atoms with van der Waals surface area (Å²) in [5.41, 5.74) is 2.96. The number of likely N-dealkylation sites (N-methyl/N-ethyl adjacent to an activating group) is 1. The van der Waals surface area contributed by atoms with Crippen molar-refractivity contribution in [3.63, 3.8) is 0 Å². The van der Waals surface area contributed by atoms with Gasteiger partial charge in [-0.15, -0.1) is 0 Å². The Morgan fingerprint density at radius 2 is 1.37 bits per heavy atom. The molecule has 4 aromatic carbocycles. The van der Waals surface area contributed by atoms with E-state index in [-0.39, 0.29) is 23.8 Å². The molecule has 7 nitrogen and oxygen atoms in total. The minimum atomic E-state index is -4.17. The van der Waals surface area contributed by atoms with E-state index < -0.39 is 28.5 Å². The Kier molecular flexibility index (Phi) is 9.81. The van der Waals surface area contributed by atoms with Crippen LogP contribution in [0.4, 0.5) is 5.69 Å². The van der Waals surface area contributed by atoms with Crippen LogP contribution in [0.3, 0.4) is 0 Å². The molecule has 41 heavy (non-hydrogen) atoms. The van der Waals surface area contributed by atoms with Crippen molar-refractivity contribution < 1.29 is 18.0 Å². The van der Waals surface area contributed by atoms with Crippen molar-refractivity contribution >= 4 is 39.1 Å². The highest BCUT2D eigenvalue weighted by Gasteiger charge is 2.34. The van der Waals surface area contributed by atoms with E-state index in [1.54, 1.807) is 24.3 Å². The number of halogens is 1. The summed E-state index contributed by atoms with van der Waals surface area (Å²) >= 11 is 6.02. The molecule has 0 aliphatic rings. The molecule has 0 heterocycles. The van der Waals surface area contributed by atoms with Crippen LogP contribution in [0, 0.1) is 6.92 Å². The summed E-state index contributed by atoms with van der Waals surface area (Å²) in [6, 6.07) is 30.6. The number of hydrogen-bond donors (Lipinski definition) is 1. The smallest absolute Gasteiger partial charge is 0.264 e. The maximum absolute atomic E-state index is 14.2. The standard InChI is InChI=1S/C32H32ClN3O4S/c1-24-13-17-28(18-14-24)36(41(39,40)29-19-15-27(33)16-20-29)23-31(37)35(22-26-11-7-4-8-12-26)30(32(38)34-2)21-25-9-5-3-6-10-25/h3-20,30H,21-23H2,1-2H3,(H,34,38)/t30-/m0/s1. The van der Waals surface area contributed by atoms with E-state index in [4.69, 9.17) is 11.6 Å². The lowest BCUT2D eigenvalue weighted by molar-refractivity contribution is -0.139. The highest BCUT2D eigenvalue weighted by atomic mass is 35.5. The quantitative estimate of drug-likeness (QED) is 0.260. The van der Waals surface area contributed by atoms with Gasteiger partial charge in [-0.2, -0.15) is 0 Å². The van der Waals surface area contributed by atoms with Crippen LogP contribution in [-0.2, 0) is 32.6 Å². The Morgan fingerprint density at radius 1 is 0.805 bits per heavy atom. The van der Waals surface area contributed by atoms with Crippen LogP contribution in [0.5, 0.6) is 0 Å². The minimum absolute atomic E-state index is 0.00276. The molecule has 0 aliphatic carbocycles. The van der Waals surface area contributed by atoms with E-state index in [0.29, 0.717) is 10.7 Å². The van der Waals surface area contributed by atoms with Gasteiger partial charge in [-0.25, -0.2) is 8.42 Å². The third-order valence-corrected chi connectivity index (χ3v) is 8.76. The van der Waals surface area contributed by atoms with Crippen LogP contribution in [0.2, 0.25) is 5.02 Å². The molecule has 0 spiro atoms. The number of amides is 2. The van der Waals surface area contributed by atoms with Gasteiger partial charge in [0.25, 0.3) is 10.0 Å². The average molecular weight is 590 g/mol. The molecule has 0 fully saturated rings. The van der Waals surface area contributed by atoms with E-state index >= 15 is 0 Å². The van der Waals surface area contributed by atoms with Crippen LogP contribution < -0.4 is 9.62 Å². The summed E-state index contributed by atoms with van der Waals surface area (Å²) in [6.45, 7) is 1.50. The largest absolute Gasteiger partial charge is 0.357 e. The number of nitrogens with one attached hydrogen (secondary N) is 1. The number of benzene rings is 4. The SMILES string of the molecule is CNC(=O)[C@H](Cc1ccccc1)N(Cc1ccccc1)C(=O)CN(c1ccc(C)cc1)S(=O)(=O)c1ccc(Cl)cc1. The summed E-state index contributed by atoms with van der Waals surface area (Å²) in [6.07, 6.45) is 0.257. The first-order valence-corrected chi connectivity index (χ1v) is 14.9. The number of sulfonamides is 1. The van der Waals surface area contributed by atoms with E-state index in [9.17, 15) is 18.0 Å². The Balaban J connectivity index is 1.77. The van der Waals surface area contributed by atoms with Gasteiger partial charge in [0.2, 0.25) is 11.8 Å². The fourth-order valence-corrected chi connectivity index (χ4v) is 6.01. The highest BCUT2D eigenvalue weighted by Crippen LogP contribution is 2.26. The summed E-state index contributed by atoms with van der Waals surface area (Å²) in [5.74, 6) is -0.864. The maximum atomic E-state index is 14.2. The topological polar surface area (TPSA) is 86.8 Å². The van der Waals surface area contributed by atoms with E-state index in [2.05, 4.69) is 5.32 Å². The first-order valence-electron chi connectivity index (χ1n) is 13.1. The first kappa shape index (κ1) is 29.8. The summed E-state index contributed by atoms with van der Waals surface area (Å²) in [4.78, 5) is 28.9. The zero-order valence-corrected chi connectivity index (χ0v) is 24.5. The van der Waals surface area contributed by atoms with Gasteiger partial charge >= 0.3 is 0 Å². The van der Waals surface area contributed by atoms with Crippen molar-refractivity contribution in [1.29, 1.82) is 0 Å². The summed E-state index contributed by atoms with van der Waals surface area (Å²) in [7, 11) is -2.65. The number of hydrogen-bond acceptors (Lipinski definition) is 4. The molecule has 0 saturated heterocycles. The van der Waals surface area contributed by atoms with Crippen LogP contribution in [-0.4, -0.2) is 44.8 Å². The zero-order valence-electron chi connectivity index (χ0n) is 22.9. The van der Waals surface area contributed by atoms with Gasteiger partial charge < -0.3 is 10.2 Å². The third-order valence-electron chi connectivity index (χ3n) is 6.72. The lowest BCUT2D eigenvalue weighted by Crippen LogP contribution is -2.53. The van der Waals surface area contributed by atoms with Gasteiger partial charge in [0.05, 0.1) is 10.6 Å². The van der Waals surface area contributed by atoms with Crippen molar-refractivity contribution in [3.8, 4) is 0 Å². The molecule has 0 unspecified atom stereocenters. The van der Waals surface area contributed by atoms with Gasteiger partial charge in [-0.05, 0) is 54.4 Å². The second-order valence-corrected chi connectivity index (χ2v) is 11.9. The molecule has 0 saturated carbocycles. The first-order chi connectivity index (χ1) is 19.7. The lowest BCUT2D eigenvalue weighted by Gasteiger charge is -2.33. The van der Waals surface area contributed by atoms with E-state index in [0.717, 1.165) is 21.0 Å². The normalized spacial score (nSPS) is 11.9. The molecule has 0 bridgehead atoms. The van der Waals surface area contributed by atoms with Gasteiger partial charge in [-0.3, -0.25) is 13.9 Å². The van der Waals surface area contributed by atoms with Crippen molar-refractivity contribution in [3.05, 3.63) is 131 Å². The molecular formula is C32H32ClN3O4S. The molecule has 4 aromatic rings. The molecule has 0 aliphatic heterocycles. The number of anilines is 1. The van der Waals surface area contributed by atoms with Crippen LogP contribution in [0.25, 0.3) is 0 Å². The van der Waals surface area contributed by atoms with Crippen molar-refractivity contribution in [2.45, 2.75) is 30.8 Å². The fourth-order valence-electron chi connectivity index (χ4n) is 4.47. The van der Waals surface area contributed by atoms with Gasteiger partial charge in [0.15, 0.2) is 0 Å². The Morgan fingerprint density at radius 3 is 1.93 bits per heavy atom. The molecule has 9 heteroatoms. The van der Waals surface area contributed by atoms with Crippen molar-refractivity contribution in [2.75, 3.05) is 17.9 Å². The predicted octanol–water partition coefficient (Wildman–Crippen LogP) is 5.23. The van der Waals surface area contributed by atoms with Crippen LogP contribution >= 0.6 is 11.6 Å². The van der Waals surface area contributed by atoms with E-state index in [1.165, 1.54) is 36.2 Å². The average Bonchev–Trinajstić information content (AvgIpc) is 2.99. The monoisotopic (exact) mass is 589 g/mol. The molecule has 2 amide bonds. The summed E-state index contributed by atoms with van der Waals surface area (Å²) < 4.78 is 28.9. The van der Waals surface area contributed by atoms with Gasteiger partial charge in [0, 0.05) is 25.0 Å². The highest BCUT2D eigenvalue weighted by molar-refractivity contribution is 7.92. The molecule has 212 valence electrons. The lowest BCUT2D eigenvalue weighted by atomic mass is 10.0. The molecule has 1 atom stereocenters. The second-order valence-electron chi connectivity index (χ2n) is 9.63. The maximum Gasteiger partial charge on any atom is 0.264 e. The predicted molar refractivity (Wildman–Crippen MR) is 162 cm³/mol. The number of aryl methyl sites for hydroxylation is 1. The van der Waals surface area contributed by atoms with Crippen LogP contribution in [0.15, 0.2) is 114 Å². The van der Waals surface area contributed by atoms with E-state index in [1.807, 2.05) is 67.6 Å². The number of carbonyl (C=O) groups is 2. The van der Waals surface area contributed by atoms with Crippen molar-refractivity contribution in [1.82, 2.24) is 10.2 Å².